The molecule has 2 aromatic carbocycles. The summed E-state index contributed by atoms with van der Waals surface area (Å²) in [5, 5.41) is 14.5. The lowest BCUT2D eigenvalue weighted by atomic mass is 9.79. The number of aromatic nitrogens is 2. The number of aryl methyl sites for hydroxylation is 1. The smallest absolute Gasteiger partial charge is 0.329 e. The highest BCUT2D eigenvalue weighted by molar-refractivity contribution is 5.87. The third-order valence-corrected chi connectivity index (χ3v) is 7.40. The first-order chi connectivity index (χ1) is 17.9. The van der Waals surface area contributed by atoms with Gasteiger partial charge in [-0.1, -0.05) is 75.1 Å². The molecule has 3 aromatic rings. The van der Waals surface area contributed by atoms with E-state index < -0.39 is 11.5 Å². The van der Waals surface area contributed by atoms with E-state index in [4.69, 9.17) is 6.57 Å². The minimum Gasteiger partial charge on any atom is -0.479 e. The van der Waals surface area contributed by atoms with E-state index >= 15 is 0 Å². The molecule has 1 saturated carbocycles. The summed E-state index contributed by atoms with van der Waals surface area (Å²) in [6.07, 6.45) is 9.35. The summed E-state index contributed by atoms with van der Waals surface area (Å²) in [6.45, 7) is 9.93. The van der Waals surface area contributed by atoms with Gasteiger partial charge in [0.05, 0.1) is 12.8 Å². The Balaban J connectivity index is 1.64. The number of amides is 1. The van der Waals surface area contributed by atoms with Gasteiger partial charge in [-0.15, -0.1) is 0 Å². The van der Waals surface area contributed by atoms with Crippen molar-refractivity contribution in [2.45, 2.75) is 70.4 Å². The second-order valence-electron chi connectivity index (χ2n) is 9.92. The number of nitrogens with zero attached hydrogens (tertiary/aromatic N) is 4. The Labute approximate surface area is 218 Å². The van der Waals surface area contributed by atoms with Gasteiger partial charge >= 0.3 is 5.97 Å². The summed E-state index contributed by atoms with van der Waals surface area (Å²) >= 11 is 0. The lowest BCUT2D eigenvalue weighted by molar-refractivity contribution is -0.163. The average Bonchev–Trinajstić information content (AvgIpc) is 3.36. The summed E-state index contributed by atoms with van der Waals surface area (Å²) < 4.78 is 1.75. The van der Waals surface area contributed by atoms with Crippen LogP contribution in [0.25, 0.3) is 27.1 Å². The normalized spacial score (nSPS) is 14.6. The molecule has 1 aliphatic carbocycles. The van der Waals surface area contributed by atoms with Gasteiger partial charge in [0.1, 0.15) is 5.54 Å². The number of unbranched alkanes of at least 4 members (excludes halogenated alkanes) is 1. The van der Waals surface area contributed by atoms with Crippen LogP contribution in [-0.4, -0.2) is 37.2 Å². The highest BCUT2D eigenvalue weighted by atomic mass is 16.4. The van der Waals surface area contributed by atoms with Gasteiger partial charge in [-0.25, -0.2) is 9.64 Å². The van der Waals surface area contributed by atoms with E-state index in [1.807, 2.05) is 62.6 Å². The van der Waals surface area contributed by atoms with Gasteiger partial charge < -0.3 is 10.0 Å². The Kier molecular flexibility index (Phi) is 8.08. The topological polar surface area (TPSA) is 79.8 Å². The van der Waals surface area contributed by atoms with Gasteiger partial charge in [0, 0.05) is 31.8 Å². The van der Waals surface area contributed by atoms with E-state index in [-0.39, 0.29) is 12.5 Å². The molecule has 0 bridgehead atoms. The number of carboxylic acids is 1. The first-order valence-electron chi connectivity index (χ1n) is 13.0. The Morgan fingerprint density at radius 3 is 2.38 bits per heavy atom. The van der Waals surface area contributed by atoms with E-state index in [1.165, 1.54) is 0 Å². The van der Waals surface area contributed by atoms with Crippen molar-refractivity contribution < 1.29 is 14.7 Å². The maximum atomic E-state index is 13.3. The molecular formula is C30H34N4O3. The van der Waals surface area contributed by atoms with Crippen molar-refractivity contribution in [1.82, 2.24) is 14.7 Å². The maximum absolute atomic E-state index is 13.3. The average molecular weight is 499 g/mol. The van der Waals surface area contributed by atoms with Crippen LogP contribution in [-0.2, 0) is 23.2 Å². The van der Waals surface area contributed by atoms with E-state index in [2.05, 4.69) is 9.94 Å². The number of carbonyl (C=O) groups excluding carboxylic acids is 1. The summed E-state index contributed by atoms with van der Waals surface area (Å²) in [5.41, 5.74) is 3.98. The molecule has 0 radical (unpaired) electrons. The Bertz CT molecular complexity index is 1300. The van der Waals surface area contributed by atoms with E-state index in [0.29, 0.717) is 24.9 Å². The fraction of sp³-hybridized carbons (Fsp3) is 0.400. The maximum Gasteiger partial charge on any atom is 0.329 e. The molecule has 1 aliphatic rings. The zero-order chi connectivity index (χ0) is 26.4. The molecule has 0 unspecified atom stereocenters. The van der Waals surface area contributed by atoms with Gasteiger partial charge in [0.15, 0.2) is 5.69 Å². The van der Waals surface area contributed by atoms with Crippen molar-refractivity contribution in [1.29, 1.82) is 0 Å². The number of carbonyl (C=O) groups is 2. The van der Waals surface area contributed by atoms with Crippen LogP contribution in [0.3, 0.4) is 0 Å². The number of rotatable bonds is 9. The van der Waals surface area contributed by atoms with Gasteiger partial charge in [0.2, 0.25) is 5.91 Å². The summed E-state index contributed by atoms with van der Waals surface area (Å²) in [5.74, 6) is -0.989. The van der Waals surface area contributed by atoms with Crippen LogP contribution in [0.15, 0.2) is 54.9 Å². The lowest BCUT2D eigenvalue weighted by Crippen LogP contribution is -2.57. The fourth-order valence-corrected chi connectivity index (χ4v) is 5.26. The van der Waals surface area contributed by atoms with Crippen molar-refractivity contribution >= 4 is 17.6 Å². The molecule has 1 aromatic heterocycles. The molecule has 0 saturated heterocycles. The molecule has 4 rings (SSSR count). The number of aliphatic carboxylic acids is 1. The number of hydrogen-bond donors (Lipinski definition) is 1. The molecule has 0 aliphatic heterocycles. The molecule has 192 valence electrons. The molecule has 0 spiro atoms. The first kappa shape index (κ1) is 26.2. The van der Waals surface area contributed by atoms with Crippen LogP contribution in [0, 0.1) is 6.57 Å². The summed E-state index contributed by atoms with van der Waals surface area (Å²) in [7, 11) is 1.87. The molecule has 1 heterocycles. The van der Waals surface area contributed by atoms with Gasteiger partial charge in [-0.05, 0) is 41.5 Å². The first-order valence-corrected chi connectivity index (χ1v) is 13.0. The van der Waals surface area contributed by atoms with Gasteiger partial charge in [-0.2, -0.15) is 5.10 Å². The van der Waals surface area contributed by atoms with Crippen LogP contribution in [0.1, 0.15) is 63.9 Å². The lowest BCUT2D eigenvalue weighted by Gasteiger charge is -2.43. The second-order valence-corrected chi connectivity index (χ2v) is 9.92. The molecule has 1 amide bonds. The molecule has 7 heteroatoms. The largest absolute Gasteiger partial charge is 0.479 e. The SMILES string of the molecule is [C-]#[N+]c1ccc(-c2cnn(C)c2)cc1-c1ccc(CN(C(=O)CCCC)C2(C(=O)O)CCCCC2)cc1. The van der Waals surface area contributed by atoms with Crippen LogP contribution in [0.5, 0.6) is 0 Å². The van der Waals surface area contributed by atoms with Crippen molar-refractivity contribution in [3.8, 4) is 22.3 Å². The fourth-order valence-electron chi connectivity index (χ4n) is 5.26. The predicted octanol–water partition coefficient (Wildman–Crippen LogP) is 6.61. The van der Waals surface area contributed by atoms with Crippen molar-refractivity contribution in [2.75, 3.05) is 0 Å². The zero-order valence-electron chi connectivity index (χ0n) is 21.6. The third kappa shape index (κ3) is 5.59. The van der Waals surface area contributed by atoms with Crippen LogP contribution in [0.2, 0.25) is 0 Å². The van der Waals surface area contributed by atoms with Crippen molar-refractivity contribution in [3.05, 3.63) is 71.8 Å². The minimum atomic E-state index is -1.14. The Morgan fingerprint density at radius 1 is 1.08 bits per heavy atom. The highest BCUT2D eigenvalue weighted by Crippen LogP contribution is 2.37. The van der Waals surface area contributed by atoms with Crippen LogP contribution < -0.4 is 0 Å². The van der Waals surface area contributed by atoms with E-state index in [1.54, 1.807) is 15.8 Å². The molecule has 0 atom stereocenters. The molecule has 7 nitrogen and oxygen atoms in total. The Morgan fingerprint density at radius 2 is 1.78 bits per heavy atom. The number of hydrogen-bond acceptors (Lipinski definition) is 3. The summed E-state index contributed by atoms with van der Waals surface area (Å²) in [6, 6.07) is 13.5. The third-order valence-electron chi connectivity index (χ3n) is 7.40. The van der Waals surface area contributed by atoms with E-state index in [0.717, 1.165) is 59.9 Å². The zero-order valence-corrected chi connectivity index (χ0v) is 21.6. The molecule has 1 N–H and O–H groups in total. The van der Waals surface area contributed by atoms with Gasteiger partial charge in [-0.3, -0.25) is 9.48 Å². The number of benzene rings is 2. The van der Waals surface area contributed by atoms with Crippen LogP contribution >= 0.6 is 0 Å². The highest BCUT2D eigenvalue weighted by Gasteiger charge is 2.46. The second kappa shape index (κ2) is 11.4. The molecular weight excluding hydrogens is 464 g/mol. The van der Waals surface area contributed by atoms with E-state index in [9.17, 15) is 14.7 Å². The number of carboxylic acid groups (broad SMARTS) is 1. The molecule has 1 fully saturated rings. The predicted molar refractivity (Wildman–Crippen MR) is 144 cm³/mol. The van der Waals surface area contributed by atoms with Crippen molar-refractivity contribution in [2.24, 2.45) is 7.05 Å². The van der Waals surface area contributed by atoms with Crippen LogP contribution in [0.4, 0.5) is 5.69 Å². The quantitative estimate of drug-likeness (QED) is 0.337. The monoisotopic (exact) mass is 498 g/mol. The van der Waals surface area contributed by atoms with Crippen molar-refractivity contribution in [3.63, 3.8) is 0 Å². The summed E-state index contributed by atoms with van der Waals surface area (Å²) in [4.78, 5) is 31.1. The van der Waals surface area contributed by atoms with Gasteiger partial charge in [0.25, 0.3) is 0 Å². The standard InChI is InChI=1S/C30H34N4O3/c1-4-5-9-28(35)34(30(29(36)37)16-7-6-8-17-30)20-22-10-12-23(13-11-22)26-18-24(14-15-27(26)31-2)25-19-32-33(3)21-25/h10-15,18-19,21H,4-9,16-17,20H2,1,3H3,(H,36,37). The Hall–Kier alpha value is -3.92. The minimum absolute atomic E-state index is 0.0882. The molecule has 37 heavy (non-hydrogen) atoms.